The summed E-state index contributed by atoms with van der Waals surface area (Å²) in [7, 11) is 0. The predicted octanol–water partition coefficient (Wildman–Crippen LogP) is 3.15. The second kappa shape index (κ2) is 7.68. The van der Waals surface area contributed by atoms with Gasteiger partial charge < -0.3 is 15.0 Å². The van der Waals surface area contributed by atoms with Crippen molar-refractivity contribution in [2.45, 2.75) is 32.6 Å². The van der Waals surface area contributed by atoms with E-state index in [4.69, 9.17) is 9.73 Å². The fourth-order valence-electron chi connectivity index (χ4n) is 3.74. The molecule has 6 heteroatoms. The summed E-state index contributed by atoms with van der Waals surface area (Å²) in [6.07, 6.45) is 2.24. The van der Waals surface area contributed by atoms with Crippen LogP contribution in [-0.4, -0.2) is 50.3 Å². The zero-order chi connectivity index (χ0) is 17.9. The number of aliphatic imine (C=N–C) groups is 1. The molecular weight excluding hydrogens is 324 g/mol. The molecule has 0 amide bonds. The highest BCUT2D eigenvalue weighted by Crippen LogP contribution is 2.38. The summed E-state index contributed by atoms with van der Waals surface area (Å²) in [4.78, 5) is 7.00. The Hall–Kier alpha value is -1.69. The molecule has 25 heavy (non-hydrogen) atoms. The molecule has 1 N–H and O–H groups in total. The number of nitrogens with one attached hydrogen (secondary N) is 1. The first kappa shape index (κ1) is 18.1. The van der Waals surface area contributed by atoms with Crippen molar-refractivity contribution in [3.8, 4) is 0 Å². The Morgan fingerprint density at radius 3 is 2.92 bits per heavy atom. The Morgan fingerprint density at radius 2 is 2.24 bits per heavy atom. The fraction of sp³-hybridized carbons (Fsp3) is 0.632. The van der Waals surface area contributed by atoms with E-state index in [1.807, 2.05) is 13.8 Å². The number of hydrogen-bond donors (Lipinski definition) is 1. The van der Waals surface area contributed by atoms with E-state index in [2.05, 4.69) is 10.2 Å². The lowest BCUT2D eigenvalue weighted by molar-refractivity contribution is 0.156. The van der Waals surface area contributed by atoms with E-state index >= 15 is 0 Å². The van der Waals surface area contributed by atoms with Gasteiger partial charge in [-0.15, -0.1) is 0 Å². The summed E-state index contributed by atoms with van der Waals surface area (Å²) in [5.41, 5.74) is 0.772. The Balaban J connectivity index is 1.67. The minimum absolute atomic E-state index is 0.111. The largest absolute Gasteiger partial charge is 0.381 e. The van der Waals surface area contributed by atoms with Crippen LogP contribution in [-0.2, 0) is 4.74 Å². The number of hydrogen-bond acceptors (Lipinski definition) is 2. The number of rotatable bonds is 4. The van der Waals surface area contributed by atoms with Gasteiger partial charge in [0.15, 0.2) is 5.96 Å². The van der Waals surface area contributed by atoms with Crippen LogP contribution in [0.2, 0.25) is 0 Å². The molecule has 4 nitrogen and oxygen atoms in total. The van der Waals surface area contributed by atoms with Crippen LogP contribution in [0.15, 0.2) is 23.2 Å². The average molecular weight is 351 g/mol. The molecule has 0 radical (unpaired) electrons. The van der Waals surface area contributed by atoms with Crippen LogP contribution in [0.25, 0.3) is 0 Å². The van der Waals surface area contributed by atoms with Gasteiger partial charge in [-0.05, 0) is 31.4 Å². The van der Waals surface area contributed by atoms with Gasteiger partial charge in [0.1, 0.15) is 11.6 Å². The summed E-state index contributed by atoms with van der Waals surface area (Å²) >= 11 is 0. The Bertz CT molecular complexity index is 629. The highest BCUT2D eigenvalue weighted by Gasteiger charge is 2.42. The third-order valence-corrected chi connectivity index (χ3v) is 5.27. The summed E-state index contributed by atoms with van der Waals surface area (Å²) in [5, 5.41) is 3.34. The smallest absolute Gasteiger partial charge is 0.193 e. The molecule has 0 bridgehead atoms. The van der Waals surface area contributed by atoms with Crippen LogP contribution in [0.4, 0.5) is 8.78 Å². The zero-order valence-electron chi connectivity index (χ0n) is 15.0. The van der Waals surface area contributed by atoms with Gasteiger partial charge >= 0.3 is 0 Å². The topological polar surface area (TPSA) is 36.9 Å². The molecule has 2 heterocycles. The number of likely N-dealkylation sites (tertiary alicyclic amines) is 1. The molecule has 2 aliphatic rings. The Labute approximate surface area is 148 Å². The van der Waals surface area contributed by atoms with Gasteiger partial charge in [0.25, 0.3) is 0 Å². The first-order valence-electron chi connectivity index (χ1n) is 9.09. The standard InChI is InChI=1S/C19H27F2N3O/c1-3-22-18(24-8-6-19(12-24)7-9-25-13-19)23-11-14(2)16-5-4-15(20)10-17(16)21/h4-5,10,14H,3,6-9,11-13H2,1-2H3,(H,22,23). The van der Waals surface area contributed by atoms with E-state index in [1.54, 1.807) is 0 Å². The lowest BCUT2D eigenvalue weighted by Crippen LogP contribution is -2.41. The highest BCUT2D eigenvalue weighted by atomic mass is 19.1. The van der Waals surface area contributed by atoms with Gasteiger partial charge in [-0.2, -0.15) is 0 Å². The molecular formula is C19H27F2N3O. The number of halogens is 2. The van der Waals surface area contributed by atoms with Gasteiger partial charge in [0, 0.05) is 50.2 Å². The van der Waals surface area contributed by atoms with Crippen LogP contribution in [0.3, 0.4) is 0 Å². The van der Waals surface area contributed by atoms with E-state index in [-0.39, 0.29) is 11.3 Å². The summed E-state index contributed by atoms with van der Waals surface area (Å²) in [6.45, 7) is 8.82. The highest BCUT2D eigenvalue weighted by molar-refractivity contribution is 5.80. The van der Waals surface area contributed by atoms with Crippen molar-refractivity contribution in [1.82, 2.24) is 10.2 Å². The van der Waals surface area contributed by atoms with Crippen LogP contribution in [0.1, 0.15) is 38.2 Å². The van der Waals surface area contributed by atoms with Gasteiger partial charge in [0.2, 0.25) is 0 Å². The lowest BCUT2D eigenvalue weighted by Gasteiger charge is -2.25. The third kappa shape index (κ3) is 4.11. The van der Waals surface area contributed by atoms with E-state index < -0.39 is 11.6 Å². The molecule has 3 rings (SSSR count). The predicted molar refractivity (Wildman–Crippen MR) is 94.8 cm³/mol. The maximum Gasteiger partial charge on any atom is 0.193 e. The van der Waals surface area contributed by atoms with E-state index in [0.717, 1.165) is 57.7 Å². The molecule has 1 spiro atoms. The third-order valence-electron chi connectivity index (χ3n) is 5.27. The van der Waals surface area contributed by atoms with Crippen molar-refractivity contribution in [1.29, 1.82) is 0 Å². The maximum atomic E-state index is 13.9. The molecule has 0 saturated carbocycles. The van der Waals surface area contributed by atoms with Crippen molar-refractivity contribution in [3.63, 3.8) is 0 Å². The van der Waals surface area contributed by atoms with Crippen molar-refractivity contribution >= 4 is 5.96 Å². The SMILES string of the molecule is CCNC(=NCC(C)c1ccc(F)cc1F)N1CCC2(CCOC2)C1. The van der Waals surface area contributed by atoms with Crippen LogP contribution >= 0.6 is 0 Å². The average Bonchev–Trinajstić information content (AvgIpc) is 3.21. The molecule has 1 aromatic carbocycles. The van der Waals surface area contributed by atoms with Crippen LogP contribution in [0, 0.1) is 17.0 Å². The van der Waals surface area contributed by atoms with Gasteiger partial charge in [0.05, 0.1) is 6.61 Å². The monoisotopic (exact) mass is 351 g/mol. The van der Waals surface area contributed by atoms with Crippen LogP contribution in [0.5, 0.6) is 0 Å². The molecule has 0 aliphatic carbocycles. The number of guanidine groups is 1. The Morgan fingerprint density at radius 1 is 1.40 bits per heavy atom. The lowest BCUT2D eigenvalue weighted by atomic mass is 9.87. The molecule has 2 atom stereocenters. The molecule has 2 saturated heterocycles. The minimum atomic E-state index is -0.550. The quantitative estimate of drug-likeness (QED) is 0.669. The van der Waals surface area contributed by atoms with Crippen molar-refractivity contribution in [2.75, 3.05) is 39.4 Å². The van der Waals surface area contributed by atoms with E-state index in [0.29, 0.717) is 12.1 Å². The van der Waals surface area contributed by atoms with Crippen molar-refractivity contribution < 1.29 is 13.5 Å². The summed E-state index contributed by atoms with van der Waals surface area (Å²) in [6, 6.07) is 3.75. The van der Waals surface area contributed by atoms with Crippen LogP contribution < -0.4 is 5.32 Å². The molecule has 2 fully saturated rings. The second-order valence-corrected chi connectivity index (χ2v) is 7.24. The first-order valence-corrected chi connectivity index (χ1v) is 9.09. The van der Waals surface area contributed by atoms with Crippen molar-refractivity contribution in [3.05, 3.63) is 35.4 Å². The van der Waals surface area contributed by atoms with E-state index in [1.165, 1.54) is 12.1 Å². The van der Waals surface area contributed by atoms with E-state index in [9.17, 15) is 8.78 Å². The second-order valence-electron chi connectivity index (χ2n) is 7.24. The van der Waals surface area contributed by atoms with Crippen molar-refractivity contribution in [2.24, 2.45) is 10.4 Å². The minimum Gasteiger partial charge on any atom is -0.381 e. The zero-order valence-corrected chi connectivity index (χ0v) is 15.0. The van der Waals surface area contributed by atoms with Gasteiger partial charge in [-0.1, -0.05) is 13.0 Å². The molecule has 1 aromatic rings. The van der Waals surface area contributed by atoms with Gasteiger partial charge in [-0.3, -0.25) is 4.99 Å². The summed E-state index contributed by atoms with van der Waals surface area (Å²) in [5.74, 6) is -0.288. The molecule has 2 unspecified atom stereocenters. The molecule has 2 aliphatic heterocycles. The van der Waals surface area contributed by atoms with Gasteiger partial charge in [-0.25, -0.2) is 8.78 Å². The number of nitrogens with zero attached hydrogens (tertiary/aromatic N) is 2. The first-order chi connectivity index (χ1) is 12.0. The molecule has 0 aromatic heterocycles. The maximum absolute atomic E-state index is 13.9. The summed E-state index contributed by atoms with van der Waals surface area (Å²) < 4.78 is 32.6. The normalized spacial score (nSPS) is 25.0. The molecule has 138 valence electrons. The fourth-order valence-corrected chi connectivity index (χ4v) is 3.74. The number of benzene rings is 1. The Kier molecular flexibility index (Phi) is 5.57. The number of ether oxygens (including phenoxy) is 1.